The van der Waals surface area contributed by atoms with E-state index in [1.807, 2.05) is 24.3 Å². The average Bonchev–Trinajstić information content (AvgIpc) is 2.66. The zero-order valence-electron chi connectivity index (χ0n) is 8.12. The average molecular weight is 203 g/mol. The number of fused-ring (bicyclic) bond motifs is 3. The van der Waals surface area contributed by atoms with Gasteiger partial charge in [-0.15, -0.1) is 5.17 Å². The molecule has 0 bridgehead atoms. The smallest absolute Gasteiger partial charge is 0.335 e. The van der Waals surface area contributed by atoms with Gasteiger partial charge in [0.2, 0.25) is 0 Å². The van der Waals surface area contributed by atoms with Gasteiger partial charge in [0.05, 0.1) is 7.11 Å². The molecule has 0 saturated heterocycles. The maximum Gasteiger partial charge on any atom is 0.335 e. The van der Waals surface area contributed by atoms with E-state index in [1.54, 1.807) is 6.21 Å². The number of benzene rings is 1. The number of hydrazone groups is 1. The van der Waals surface area contributed by atoms with Gasteiger partial charge in [0.1, 0.15) is 0 Å². The van der Waals surface area contributed by atoms with Crippen LogP contribution < -0.4 is 4.84 Å². The van der Waals surface area contributed by atoms with Gasteiger partial charge in [-0.2, -0.15) is 0 Å². The highest BCUT2D eigenvalue weighted by molar-refractivity contribution is 5.87. The first kappa shape index (κ1) is 8.28. The fraction of sp³-hybridized carbons (Fsp3) is 0.200. The first-order valence-corrected chi connectivity index (χ1v) is 4.61. The lowest BCUT2D eigenvalue weighted by Crippen LogP contribution is -2.27. The molecule has 0 spiro atoms. The van der Waals surface area contributed by atoms with Crippen molar-refractivity contribution in [3.63, 3.8) is 0 Å². The Labute approximate surface area is 86.6 Å². The molecule has 0 saturated carbocycles. The van der Waals surface area contributed by atoms with E-state index in [0.717, 1.165) is 11.3 Å². The minimum atomic E-state index is -0.0416. The molecule has 1 aromatic rings. The van der Waals surface area contributed by atoms with Gasteiger partial charge in [-0.25, -0.2) is 4.99 Å². The lowest BCUT2D eigenvalue weighted by molar-refractivity contribution is -0.0529. The summed E-state index contributed by atoms with van der Waals surface area (Å²) in [5.74, 6) is 0.815. The summed E-state index contributed by atoms with van der Waals surface area (Å²) >= 11 is 0. The van der Waals surface area contributed by atoms with Crippen LogP contribution in [0.25, 0.3) is 0 Å². The second-order valence-electron chi connectivity index (χ2n) is 3.24. The molecule has 1 aromatic carbocycles. The van der Waals surface area contributed by atoms with Crippen LogP contribution in [0.3, 0.4) is 0 Å². The SMILES string of the molecule is COC1=NN2Oc3ccccc3C2C=N1. The Morgan fingerprint density at radius 1 is 1.40 bits per heavy atom. The Balaban J connectivity index is 2.00. The highest BCUT2D eigenvalue weighted by Gasteiger charge is 2.33. The summed E-state index contributed by atoms with van der Waals surface area (Å²) in [6.45, 7) is 0. The molecule has 3 rings (SSSR count). The fourth-order valence-corrected chi connectivity index (χ4v) is 1.64. The molecular weight excluding hydrogens is 194 g/mol. The van der Waals surface area contributed by atoms with Crippen LogP contribution in [-0.4, -0.2) is 24.5 Å². The zero-order valence-corrected chi connectivity index (χ0v) is 8.12. The minimum absolute atomic E-state index is 0.0416. The molecule has 0 amide bonds. The minimum Gasteiger partial charge on any atom is -0.466 e. The van der Waals surface area contributed by atoms with Crippen LogP contribution >= 0.6 is 0 Å². The van der Waals surface area contributed by atoms with Crippen LogP contribution in [0.2, 0.25) is 0 Å². The largest absolute Gasteiger partial charge is 0.466 e. The van der Waals surface area contributed by atoms with E-state index >= 15 is 0 Å². The van der Waals surface area contributed by atoms with Crippen molar-refractivity contribution in [1.29, 1.82) is 0 Å². The van der Waals surface area contributed by atoms with Crippen molar-refractivity contribution < 1.29 is 9.57 Å². The fourth-order valence-electron chi connectivity index (χ4n) is 1.64. The molecule has 2 aliphatic heterocycles. The summed E-state index contributed by atoms with van der Waals surface area (Å²) in [6, 6.07) is 8.06. The number of amidine groups is 1. The summed E-state index contributed by atoms with van der Waals surface area (Å²) in [5, 5.41) is 5.58. The van der Waals surface area contributed by atoms with E-state index in [9.17, 15) is 0 Å². The molecule has 76 valence electrons. The summed E-state index contributed by atoms with van der Waals surface area (Å²) in [7, 11) is 1.53. The maximum atomic E-state index is 5.52. The van der Waals surface area contributed by atoms with Crippen molar-refractivity contribution in [2.24, 2.45) is 10.1 Å². The van der Waals surface area contributed by atoms with Gasteiger partial charge < -0.3 is 9.57 Å². The number of hydroxylamine groups is 1. The van der Waals surface area contributed by atoms with E-state index in [4.69, 9.17) is 9.57 Å². The third-order valence-corrected chi connectivity index (χ3v) is 2.36. The van der Waals surface area contributed by atoms with Gasteiger partial charge in [-0.05, 0) is 6.07 Å². The van der Waals surface area contributed by atoms with Gasteiger partial charge in [0.15, 0.2) is 11.8 Å². The number of para-hydroxylation sites is 1. The van der Waals surface area contributed by atoms with E-state index < -0.39 is 0 Å². The number of rotatable bonds is 0. The second-order valence-corrected chi connectivity index (χ2v) is 3.24. The molecule has 2 aliphatic rings. The van der Waals surface area contributed by atoms with Crippen molar-refractivity contribution in [1.82, 2.24) is 5.17 Å². The molecular formula is C10H9N3O2. The van der Waals surface area contributed by atoms with Gasteiger partial charge in [0, 0.05) is 11.8 Å². The van der Waals surface area contributed by atoms with Crippen LogP contribution in [0.4, 0.5) is 0 Å². The topological polar surface area (TPSA) is 46.4 Å². The van der Waals surface area contributed by atoms with Crippen molar-refractivity contribution in [3.8, 4) is 5.75 Å². The van der Waals surface area contributed by atoms with Crippen LogP contribution in [-0.2, 0) is 4.74 Å². The number of ether oxygens (including phenoxy) is 1. The van der Waals surface area contributed by atoms with Gasteiger partial charge in [0.25, 0.3) is 0 Å². The zero-order chi connectivity index (χ0) is 10.3. The molecule has 1 atom stereocenters. The van der Waals surface area contributed by atoms with Crippen molar-refractivity contribution in [2.45, 2.75) is 6.04 Å². The molecule has 0 fully saturated rings. The van der Waals surface area contributed by atoms with Gasteiger partial charge >= 0.3 is 6.02 Å². The highest BCUT2D eigenvalue weighted by atomic mass is 16.7. The molecule has 5 heteroatoms. The molecule has 5 nitrogen and oxygen atoms in total. The van der Waals surface area contributed by atoms with Crippen LogP contribution in [0.15, 0.2) is 34.4 Å². The quantitative estimate of drug-likeness (QED) is 0.639. The maximum absolute atomic E-state index is 5.52. The first-order chi connectivity index (χ1) is 7.38. The third-order valence-electron chi connectivity index (χ3n) is 2.36. The van der Waals surface area contributed by atoms with Crippen LogP contribution in [0, 0.1) is 0 Å². The number of aliphatic imine (C=N–C) groups is 1. The van der Waals surface area contributed by atoms with Crippen LogP contribution in [0.5, 0.6) is 5.75 Å². The monoisotopic (exact) mass is 203 g/mol. The lowest BCUT2D eigenvalue weighted by atomic mass is 10.1. The summed E-state index contributed by atoms with van der Waals surface area (Å²) in [6.07, 6.45) is 1.76. The Morgan fingerprint density at radius 2 is 2.27 bits per heavy atom. The predicted molar refractivity (Wildman–Crippen MR) is 54.6 cm³/mol. The Morgan fingerprint density at radius 3 is 3.13 bits per heavy atom. The molecule has 0 radical (unpaired) electrons. The standard InChI is InChI=1S/C10H9N3O2/c1-14-10-11-6-8-7-4-2-3-5-9(7)15-13(8)12-10/h2-6,8H,1H3. The normalized spacial score (nSPS) is 21.5. The van der Waals surface area contributed by atoms with Gasteiger partial charge in [-0.3, -0.25) is 0 Å². The van der Waals surface area contributed by atoms with Gasteiger partial charge in [-0.1, -0.05) is 23.3 Å². The summed E-state index contributed by atoms with van der Waals surface area (Å²) in [5.41, 5.74) is 1.07. The van der Waals surface area contributed by atoms with Crippen molar-refractivity contribution in [3.05, 3.63) is 29.8 Å². The number of hydrogen-bond acceptors (Lipinski definition) is 5. The van der Waals surface area contributed by atoms with E-state index in [1.165, 1.54) is 12.3 Å². The lowest BCUT2D eigenvalue weighted by Gasteiger charge is -2.19. The second kappa shape index (κ2) is 2.98. The number of hydrogen-bond donors (Lipinski definition) is 0. The Kier molecular flexibility index (Phi) is 1.65. The molecule has 0 aromatic heterocycles. The summed E-state index contributed by atoms with van der Waals surface area (Å²) in [4.78, 5) is 9.59. The van der Waals surface area contributed by atoms with Crippen LogP contribution in [0.1, 0.15) is 11.6 Å². The molecule has 15 heavy (non-hydrogen) atoms. The third kappa shape index (κ3) is 1.16. The van der Waals surface area contributed by atoms with E-state index in [-0.39, 0.29) is 6.04 Å². The first-order valence-electron chi connectivity index (χ1n) is 4.61. The molecule has 0 N–H and O–H groups in total. The molecule has 2 heterocycles. The van der Waals surface area contributed by atoms with Crippen molar-refractivity contribution in [2.75, 3.05) is 7.11 Å². The summed E-state index contributed by atoms with van der Waals surface area (Å²) < 4.78 is 4.93. The number of nitrogens with zero attached hydrogens (tertiary/aromatic N) is 3. The molecule has 0 aliphatic carbocycles. The highest BCUT2D eigenvalue weighted by Crippen LogP contribution is 2.37. The predicted octanol–water partition coefficient (Wildman–Crippen LogP) is 1.34. The Hall–Kier alpha value is -2.04. The van der Waals surface area contributed by atoms with E-state index in [2.05, 4.69) is 10.1 Å². The Bertz CT molecular complexity index is 456. The van der Waals surface area contributed by atoms with E-state index in [0.29, 0.717) is 6.02 Å². The molecule has 1 unspecified atom stereocenters. The van der Waals surface area contributed by atoms with Crippen molar-refractivity contribution >= 4 is 12.2 Å². The number of methoxy groups -OCH3 is 1.